The molecule has 0 bridgehead atoms. The van der Waals surface area contributed by atoms with Crippen LogP contribution in [0.4, 0.5) is 0 Å². The molecule has 156 valence electrons. The molecule has 2 fully saturated rings. The molecule has 0 spiro atoms. The molecule has 1 N–H and O–H groups in total. The number of hydrogen-bond acceptors (Lipinski definition) is 6. The number of nitrogens with zero attached hydrogens (tertiary/aromatic N) is 3. The maximum absolute atomic E-state index is 12.9. The highest BCUT2D eigenvalue weighted by Gasteiger charge is 2.49. The first-order valence-corrected chi connectivity index (χ1v) is 11.3. The Hall–Kier alpha value is -1.23. The van der Waals surface area contributed by atoms with E-state index >= 15 is 0 Å². The Morgan fingerprint density at radius 1 is 1.26 bits per heavy atom. The van der Waals surface area contributed by atoms with Crippen molar-refractivity contribution in [1.82, 2.24) is 19.4 Å². The van der Waals surface area contributed by atoms with Gasteiger partial charge in [-0.15, -0.1) is 0 Å². The predicted octanol–water partition coefficient (Wildman–Crippen LogP) is -0.904. The molecule has 0 aromatic heterocycles. The summed E-state index contributed by atoms with van der Waals surface area (Å²) >= 11 is 0. The highest BCUT2D eigenvalue weighted by Crippen LogP contribution is 2.25. The zero-order valence-corrected chi connectivity index (χ0v) is 17.5. The number of piperazine rings is 1. The number of amides is 2. The third-order valence-electron chi connectivity index (χ3n) is 5.03. The van der Waals surface area contributed by atoms with Gasteiger partial charge in [0.25, 0.3) is 0 Å². The van der Waals surface area contributed by atoms with Crippen LogP contribution in [-0.4, -0.2) is 105 Å². The largest absolute Gasteiger partial charge is 0.379 e. The fraction of sp³-hybridized carbons (Fsp3) is 0.882. The van der Waals surface area contributed by atoms with Gasteiger partial charge in [-0.25, -0.2) is 8.42 Å². The van der Waals surface area contributed by atoms with Crippen LogP contribution in [0, 0.1) is 0 Å². The number of hydrogen-bond donors (Lipinski definition) is 1. The Labute approximate surface area is 162 Å². The Kier molecular flexibility index (Phi) is 7.23. The molecule has 2 aliphatic rings. The van der Waals surface area contributed by atoms with E-state index in [1.165, 1.54) is 0 Å². The van der Waals surface area contributed by atoms with E-state index in [1.54, 1.807) is 11.8 Å². The SMILES string of the molecule is CC(C)NC(=O)C1(C)CN(S(C)(=O)=O)CC(=O)N1CCCN1CCOCC1. The van der Waals surface area contributed by atoms with Crippen LogP contribution in [-0.2, 0) is 24.3 Å². The Morgan fingerprint density at radius 3 is 2.44 bits per heavy atom. The number of morpholine rings is 1. The lowest BCUT2D eigenvalue weighted by molar-refractivity contribution is -0.153. The highest BCUT2D eigenvalue weighted by atomic mass is 32.2. The summed E-state index contributed by atoms with van der Waals surface area (Å²) in [6.45, 7) is 9.43. The van der Waals surface area contributed by atoms with E-state index in [1.807, 2.05) is 13.8 Å². The van der Waals surface area contributed by atoms with Crippen molar-refractivity contribution in [3.05, 3.63) is 0 Å². The lowest BCUT2D eigenvalue weighted by Crippen LogP contribution is -2.70. The fourth-order valence-corrected chi connectivity index (χ4v) is 4.32. The van der Waals surface area contributed by atoms with Crippen LogP contribution in [0.5, 0.6) is 0 Å². The average Bonchev–Trinajstić information content (AvgIpc) is 2.56. The Balaban J connectivity index is 2.12. The second-order valence-corrected chi connectivity index (χ2v) is 9.77. The van der Waals surface area contributed by atoms with Crippen molar-refractivity contribution in [2.24, 2.45) is 0 Å². The number of sulfonamides is 1. The number of carbonyl (C=O) groups is 2. The van der Waals surface area contributed by atoms with Crippen molar-refractivity contribution in [2.75, 3.05) is 58.7 Å². The van der Waals surface area contributed by atoms with Gasteiger partial charge in [0.2, 0.25) is 21.8 Å². The van der Waals surface area contributed by atoms with Crippen LogP contribution >= 0.6 is 0 Å². The average molecular weight is 405 g/mol. The van der Waals surface area contributed by atoms with Crippen LogP contribution in [0.3, 0.4) is 0 Å². The predicted molar refractivity (Wildman–Crippen MR) is 102 cm³/mol. The molecular weight excluding hydrogens is 372 g/mol. The zero-order valence-electron chi connectivity index (χ0n) is 16.7. The van der Waals surface area contributed by atoms with E-state index in [2.05, 4.69) is 10.2 Å². The van der Waals surface area contributed by atoms with Gasteiger partial charge in [-0.1, -0.05) is 0 Å². The van der Waals surface area contributed by atoms with E-state index in [-0.39, 0.29) is 30.9 Å². The summed E-state index contributed by atoms with van der Waals surface area (Å²) in [5.74, 6) is -0.666. The lowest BCUT2D eigenvalue weighted by atomic mass is 9.94. The number of ether oxygens (including phenoxy) is 1. The normalized spacial score (nSPS) is 25.8. The minimum Gasteiger partial charge on any atom is -0.379 e. The zero-order chi connectivity index (χ0) is 20.2. The van der Waals surface area contributed by atoms with Gasteiger partial charge in [0, 0.05) is 38.8 Å². The molecule has 2 heterocycles. The van der Waals surface area contributed by atoms with Crippen molar-refractivity contribution in [3.8, 4) is 0 Å². The van der Waals surface area contributed by atoms with Crippen LogP contribution in [0.2, 0.25) is 0 Å². The van der Waals surface area contributed by atoms with Gasteiger partial charge in [-0.05, 0) is 27.2 Å². The summed E-state index contributed by atoms with van der Waals surface area (Å²) in [5.41, 5.74) is -1.23. The first kappa shape index (κ1) is 22.1. The van der Waals surface area contributed by atoms with Gasteiger partial charge >= 0.3 is 0 Å². The van der Waals surface area contributed by atoms with Crippen LogP contribution in [0.1, 0.15) is 27.2 Å². The van der Waals surface area contributed by atoms with E-state index in [4.69, 9.17) is 4.74 Å². The quantitative estimate of drug-likeness (QED) is 0.590. The molecule has 0 saturated carbocycles. The van der Waals surface area contributed by atoms with Gasteiger partial charge in [-0.2, -0.15) is 4.31 Å². The molecule has 2 rings (SSSR count). The molecular formula is C17H32N4O5S. The van der Waals surface area contributed by atoms with Crippen molar-refractivity contribution < 1.29 is 22.7 Å². The summed E-state index contributed by atoms with van der Waals surface area (Å²) in [7, 11) is -3.57. The molecule has 0 aliphatic carbocycles. The molecule has 27 heavy (non-hydrogen) atoms. The van der Waals surface area contributed by atoms with Crippen LogP contribution in [0.15, 0.2) is 0 Å². The minimum absolute atomic E-state index is 0.0340. The molecule has 10 heteroatoms. The number of rotatable bonds is 7. The molecule has 2 amide bonds. The third kappa shape index (κ3) is 5.63. The molecule has 2 saturated heterocycles. The molecule has 0 aromatic rings. The topological polar surface area (TPSA) is 99.3 Å². The second kappa shape index (κ2) is 8.85. The molecule has 1 unspecified atom stereocenters. The first-order chi connectivity index (χ1) is 12.5. The number of carbonyl (C=O) groups excluding carboxylic acids is 2. The standard InChI is InChI=1S/C17H32N4O5S/c1-14(2)18-16(23)17(3)13-20(27(4,24)25)12-15(22)21(17)7-5-6-19-8-10-26-11-9-19/h14H,5-13H2,1-4H3,(H,18,23). The van der Waals surface area contributed by atoms with Crippen molar-refractivity contribution in [1.29, 1.82) is 0 Å². The van der Waals surface area contributed by atoms with Crippen molar-refractivity contribution in [2.45, 2.75) is 38.8 Å². The van der Waals surface area contributed by atoms with Crippen molar-refractivity contribution in [3.63, 3.8) is 0 Å². The maximum atomic E-state index is 12.9. The maximum Gasteiger partial charge on any atom is 0.247 e. The molecule has 0 aromatic carbocycles. The van der Waals surface area contributed by atoms with Gasteiger partial charge in [0.15, 0.2) is 0 Å². The van der Waals surface area contributed by atoms with E-state index < -0.39 is 15.6 Å². The van der Waals surface area contributed by atoms with Crippen LogP contribution < -0.4 is 5.32 Å². The molecule has 2 aliphatic heterocycles. The summed E-state index contributed by atoms with van der Waals surface area (Å²) in [5, 5.41) is 2.83. The lowest BCUT2D eigenvalue weighted by Gasteiger charge is -2.47. The smallest absolute Gasteiger partial charge is 0.247 e. The summed E-state index contributed by atoms with van der Waals surface area (Å²) in [6.07, 6.45) is 1.78. The van der Waals surface area contributed by atoms with E-state index in [9.17, 15) is 18.0 Å². The monoisotopic (exact) mass is 404 g/mol. The number of nitrogens with one attached hydrogen (secondary N) is 1. The fourth-order valence-electron chi connectivity index (χ4n) is 3.49. The minimum atomic E-state index is -3.57. The molecule has 0 radical (unpaired) electrons. The molecule has 9 nitrogen and oxygen atoms in total. The van der Waals surface area contributed by atoms with E-state index in [0.717, 1.165) is 36.6 Å². The highest BCUT2D eigenvalue weighted by molar-refractivity contribution is 7.88. The molecule has 1 atom stereocenters. The van der Waals surface area contributed by atoms with E-state index in [0.29, 0.717) is 19.8 Å². The summed E-state index contributed by atoms with van der Waals surface area (Å²) in [6, 6.07) is -0.103. The van der Waals surface area contributed by atoms with Gasteiger partial charge < -0.3 is 15.0 Å². The van der Waals surface area contributed by atoms with Crippen LogP contribution in [0.25, 0.3) is 0 Å². The first-order valence-electron chi connectivity index (χ1n) is 9.40. The van der Waals surface area contributed by atoms with Gasteiger partial charge in [-0.3, -0.25) is 14.5 Å². The summed E-state index contributed by atoms with van der Waals surface area (Å²) < 4.78 is 30.4. The summed E-state index contributed by atoms with van der Waals surface area (Å²) in [4.78, 5) is 29.4. The second-order valence-electron chi connectivity index (χ2n) is 7.79. The van der Waals surface area contributed by atoms with Gasteiger partial charge in [0.05, 0.1) is 26.0 Å². The third-order valence-corrected chi connectivity index (χ3v) is 6.23. The van der Waals surface area contributed by atoms with Crippen molar-refractivity contribution >= 4 is 21.8 Å². The Morgan fingerprint density at radius 2 is 1.89 bits per heavy atom. The Bertz CT molecular complexity index is 648. The van der Waals surface area contributed by atoms with Gasteiger partial charge in [0.1, 0.15) is 5.54 Å².